The maximum atomic E-state index is 12.3. The predicted molar refractivity (Wildman–Crippen MR) is 102 cm³/mol. The molecule has 0 aliphatic carbocycles. The van der Waals surface area contributed by atoms with Gasteiger partial charge in [-0.25, -0.2) is 8.42 Å². The number of benzene rings is 2. The van der Waals surface area contributed by atoms with Gasteiger partial charge < -0.3 is 14.8 Å². The molecule has 0 radical (unpaired) electrons. The van der Waals surface area contributed by atoms with E-state index in [0.29, 0.717) is 29.4 Å². The lowest BCUT2D eigenvalue weighted by Crippen LogP contribution is -2.13. The highest BCUT2D eigenvalue weighted by molar-refractivity contribution is 7.90. The molecule has 0 bridgehead atoms. The van der Waals surface area contributed by atoms with Crippen molar-refractivity contribution in [3.63, 3.8) is 0 Å². The first kappa shape index (κ1) is 19.5. The SMILES string of the molecule is C=CCOc1ccc(C(=O)Nc2cccc(OCCS(C)(=O)=O)c2)cc1. The molecule has 1 amide bonds. The molecule has 1 N–H and O–H groups in total. The first-order chi connectivity index (χ1) is 12.4. The standard InChI is InChI=1S/C19H21NO5S/c1-3-11-24-17-9-7-15(8-10-17)19(21)20-16-5-4-6-18(14-16)25-12-13-26(2,22)23/h3-10,14H,1,11-13H2,2H3,(H,20,21). The Labute approximate surface area is 153 Å². The third-order valence-electron chi connectivity index (χ3n) is 3.30. The minimum absolute atomic E-state index is 0.0579. The molecule has 2 aromatic rings. The lowest BCUT2D eigenvalue weighted by Gasteiger charge is -2.09. The van der Waals surface area contributed by atoms with Crippen LogP contribution in [0.5, 0.6) is 11.5 Å². The molecular formula is C19H21NO5S. The molecule has 26 heavy (non-hydrogen) atoms. The second-order valence-corrected chi connectivity index (χ2v) is 7.84. The largest absolute Gasteiger partial charge is 0.492 e. The quantitative estimate of drug-likeness (QED) is 0.682. The summed E-state index contributed by atoms with van der Waals surface area (Å²) in [7, 11) is -3.08. The van der Waals surface area contributed by atoms with Crippen LogP contribution in [0.1, 0.15) is 10.4 Å². The summed E-state index contributed by atoms with van der Waals surface area (Å²) >= 11 is 0. The van der Waals surface area contributed by atoms with Gasteiger partial charge in [0.05, 0.1) is 5.75 Å². The predicted octanol–water partition coefficient (Wildman–Crippen LogP) is 2.93. The molecular weight excluding hydrogens is 354 g/mol. The van der Waals surface area contributed by atoms with E-state index in [2.05, 4.69) is 11.9 Å². The van der Waals surface area contributed by atoms with E-state index >= 15 is 0 Å². The van der Waals surface area contributed by atoms with Gasteiger partial charge in [-0.2, -0.15) is 0 Å². The second-order valence-electron chi connectivity index (χ2n) is 5.58. The van der Waals surface area contributed by atoms with E-state index in [0.717, 1.165) is 6.26 Å². The molecule has 0 saturated heterocycles. The first-order valence-corrected chi connectivity index (χ1v) is 9.99. The molecule has 0 heterocycles. The maximum absolute atomic E-state index is 12.3. The van der Waals surface area contributed by atoms with Crippen LogP contribution in [-0.2, 0) is 9.84 Å². The Kier molecular flexibility index (Phi) is 6.80. The smallest absolute Gasteiger partial charge is 0.255 e. The Morgan fingerprint density at radius 3 is 2.50 bits per heavy atom. The van der Waals surface area contributed by atoms with Gasteiger partial charge in [0.1, 0.15) is 24.7 Å². The lowest BCUT2D eigenvalue weighted by molar-refractivity contribution is 0.102. The Hall–Kier alpha value is -2.80. The number of anilines is 1. The van der Waals surface area contributed by atoms with Crippen molar-refractivity contribution >= 4 is 21.4 Å². The molecule has 0 fully saturated rings. The van der Waals surface area contributed by atoms with Crippen LogP contribution in [0.2, 0.25) is 0 Å². The van der Waals surface area contributed by atoms with Crippen molar-refractivity contribution < 1.29 is 22.7 Å². The Morgan fingerprint density at radius 1 is 1.12 bits per heavy atom. The van der Waals surface area contributed by atoms with E-state index < -0.39 is 9.84 Å². The van der Waals surface area contributed by atoms with E-state index in [1.165, 1.54) is 0 Å². The van der Waals surface area contributed by atoms with Crippen molar-refractivity contribution in [1.29, 1.82) is 0 Å². The van der Waals surface area contributed by atoms with Crippen LogP contribution in [0.4, 0.5) is 5.69 Å². The van der Waals surface area contributed by atoms with Gasteiger partial charge >= 0.3 is 0 Å². The third-order valence-corrected chi connectivity index (χ3v) is 4.21. The number of sulfone groups is 1. The van der Waals surface area contributed by atoms with Crippen molar-refractivity contribution in [2.24, 2.45) is 0 Å². The van der Waals surface area contributed by atoms with E-state index in [-0.39, 0.29) is 18.3 Å². The molecule has 2 aromatic carbocycles. The van der Waals surface area contributed by atoms with Crippen LogP contribution in [-0.4, -0.2) is 39.5 Å². The van der Waals surface area contributed by atoms with Crippen molar-refractivity contribution in [1.82, 2.24) is 0 Å². The van der Waals surface area contributed by atoms with E-state index in [1.807, 2.05) is 0 Å². The van der Waals surface area contributed by atoms with Gasteiger partial charge in [-0.15, -0.1) is 0 Å². The van der Waals surface area contributed by atoms with Crippen LogP contribution < -0.4 is 14.8 Å². The van der Waals surface area contributed by atoms with Gasteiger partial charge in [-0.1, -0.05) is 18.7 Å². The first-order valence-electron chi connectivity index (χ1n) is 7.93. The summed E-state index contributed by atoms with van der Waals surface area (Å²) in [4.78, 5) is 12.3. The maximum Gasteiger partial charge on any atom is 0.255 e. The normalized spacial score (nSPS) is 10.8. The number of carbonyl (C=O) groups excluding carboxylic acids is 1. The molecule has 0 aliphatic rings. The third kappa shape index (κ3) is 6.60. The monoisotopic (exact) mass is 375 g/mol. The Balaban J connectivity index is 1.96. The van der Waals surface area contributed by atoms with E-state index in [1.54, 1.807) is 54.6 Å². The molecule has 0 aliphatic heterocycles. The van der Waals surface area contributed by atoms with Gasteiger partial charge in [-0.3, -0.25) is 4.79 Å². The van der Waals surface area contributed by atoms with Crippen LogP contribution in [0.15, 0.2) is 61.2 Å². The van der Waals surface area contributed by atoms with Gasteiger partial charge in [0.15, 0.2) is 9.84 Å². The molecule has 6 nitrogen and oxygen atoms in total. The molecule has 7 heteroatoms. The number of nitrogens with one attached hydrogen (secondary N) is 1. The average molecular weight is 375 g/mol. The van der Waals surface area contributed by atoms with Crippen LogP contribution in [0.3, 0.4) is 0 Å². The molecule has 138 valence electrons. The summed E-state index contributed by atoms with van der Waals surface area (Å²) in [5.74, 6) is 0.806. The fourth-order valence-electron chi connectivity index (χ4n) is 2.04. The Bertz CT molecular complexity index is 860. The number of ether oxygens (including phenoxy) is 2. The van der Waals surface area contributed by atoms with E-state index in [9.17, 15) is 13.2 Å². The summed E-state index contributed by atoms with van der Waals surface area (Å²) in [5.41, 5.74) is 1.04. The zero-order chi connectivity index (χ0) is 19.0. The number of hydrogen-bond acceptors (Lipinski definition) is 5. The summed E-state index contributed by atoms with van der Waals surface area (Å²) in [6, 6.07) is 13.5. The average Bonchev–Trinajstić information content (AvgIpc) is 2.59. The molecule has 0 spiro atoms. The van der Waals surface area contributed by atoms with Gasteiger partial charge in [0.25, 0.3) is 5.91 Å². The van der Waals surface area contributed by atoms with Gasteiger partial charge in [-0.05, 0) is 36.4 Å². The lowest BCUT2D eigenvalue weighted by atomic mass is 10.2. The molecule has 0 aromatic heterocycles. The summed E-state index contributed by atoms with van der Waals surface area (Å²) in [6.45, 7) is 4.04. The fraction of sp³-hybridized carbons (Fsp3) is 0.211. The van der Waals surface area contributed by atoms with Gasteiger partial charge in [0, 0.05) is 23.6 Å². The van der Waals surface area contributed by atoms with Crippen LogP contribution >= 0.6 is 0 Å². The van der Waals surface area contributed by atoms with Crippen LogP contribution in [0.25, 0.3) is 0 Å². The minimum Gasteiger partial charge on any atom is -0.492 e. The van der Waals surface area contributed by atoms with Crippen molar-refractivity contribution in [2.45, 2.75) is 0 Å². The minimum atomic E-state index is -3.08. The number of carbonyl (C=O) groups is 1. The molecule has 2 rings (SSSR count). The molecule has 0 saturated carbocycles. The number of hydrogen-bond donors (Lipinski definition) is 1. The van der Waals surface area contributed by atoms with Crippen molar-refractivity contribution in [3.8, 4) is 11.5 Å². The fourth-order valence-corrected chi connectivity index (χ4v) is 2.42. The topological polar surface area (TPSA) is 81.7 Å². The van der Waals surface area contributed by atoms with Crippen LogP contribution in [0, 0.1) is 0 Å². The highest BCUT2D eigenvalue weighted by Crippen LogP contribution is 2.19. The number of amides is 1. The summed E-state index contributed by atoms with van der Waals surface area (Å²) < 4.78 is 33.0. The van der Waals surface area contributed by atoms with Crippen molar-refractivity contribution in [3.05, 3.63) is 66.7 Å². The highest BCUT2D eigenvalue weighted by Gasteiger charge is 2.08. The molecule has 0 atom stereocenters. The number of rotatable bonds is 9. The zero-order valence-corrected chi connectivity index (χ0v) is 15.3. The zero-order valence-electron chi connectivity index (χ0n) is 14.5. The van der Waals surface area contributed by atoms with E-state index in [4.69, 9.17) is 9.47 Å². The van der Waals surface area contributed by atoms with Gasteiger partial charge in [0.2, 0.25) is 0 Å². The highest BCUT2D eigenvalue weighted by atomic mass is 32.2. The Morgan fingerprint density at radius 2 is 1.85 bits per heavy atom. The molecule has 0 unspecified atom stereocenters. The second kappa shape index (κ2) is 9.05. The summed E-state index contributed by atoms with van der Waals surface area (Å²) in [6.07, 6.45) is 2.80. The van der Waals surface area contributed by atoms with Crippen molar-refractivity contribution in [2.75, 3.05) is 30.5 Å². The summed E-state index contributed by atoms with van der Waals surface area (Å²) in [5, 5.41) is 2.77.